The Labute approximate surface area is 168 Å². The van der Waals surface area contributed by atoms with Crippen LogP contribution < -0.4 is 4.72 Å². The molecule has 1 aromatic carbocycles. The fraction of sp³-hybridized carbons (Fsp3) is 0.250. The molecule has 3 heterocycles. The summed E-state index contributed by atoms with van der Waals surface area (Å²) in [5.41, 5.74) is 3.57. The molecule has 0 saturated heterocycles. The molecule has 0 saturated carbocycles. The van der Waals surface area contributed by atoms with Crippen molar-refractivity contribution >= 4 is 26.6 Å². The lowest BCUT2D eigenvalue weighted by atomic mass is 9.99. The van der Waals surface area contributed by atoms with E-state index in [0.717, 1.165) is 35.9 Å². The molecular weight excluding hydrogens is 388 g/mol. The molecule has 9 heteroatoms. The predicted octanol–water partition coefficient (Wildman–Crippen LogP) is 2.83. The number of para-hydroxylation sites is 1. The van der Waals surface area contributed by atoms with Crippen LogP contribution in [-0.4, -0.2) is 33.0 Å². The van der Waals surface area contributed by atoms with Crippen molar-refractivity contribution in [3.63, 3.8) is 0 Å². The predicted molar refractivity (Wildman–Crippen MR) is 110 cm³/mol. The third-order valence-electron chi connectivity index (χ3n) is 5.26. The van der Waals surface area contributed by atoms with Gasteiger partial charge in [0.2, 0.25) is 0 Å². The van der Waals surface area contributed by atoms with Gasteiger partial charge in [0.05, 0.1) is 23.1 Å². The number of hydrogen-bond donors (Lipinski definition) is 1. The van der Waals surface area contributed by atoms with Crippen LogP contribution in [0.15, 0.2) is 53.8 Å². The van der Waals surface area contributed by atoms with E-state index in [1.807, 2.05) is 12.3 Å². The normalized spacial score (nSPS) is 14.1. The molecule has 0 atom stereocenters. The Bertz CT molecular complexity index is 1280. The van der Waals surface area contributed by atoms with Crippen molar-refractivity contribution in [3.8, 4) is 5.82 Å². The summed E-state index contributed by atoms with van der Waals surface area (Å²) in [7, 11) is -2.01. The van der Waals surface area contributed by atoms with Crippen molar-refractivity contribution in [1.82, 2.24) is 24.5 Å². The quantitative estimate of drug-likeness (QED) is 0.560. The van der Waals surface area contributed by atoms with Crippen LogP contribution in [0.5, 0.6) is 0 Å². The largest absolute Gasteiger partial charge is 0.277 e. The fourth-order valence-electron chi connectivity index (χ4n) is 3.78. The summed E-state index contributed by atoms with van der Waals surface area (Å²) in [5, 5.41) is 9.65. The highest BCUT2D eigenvalue weighted by Crippen LogP contribution is 2.25. The van der Waals surface area contributed by atoms with Gasteiger partial charge in [-0.15, -0.1) is 0 Å². The van der Waals surface area contributed by atoms with Crippen LogP contribution >= 0.6 is 0 Å². The van der Waals surface area contributed by atoms with E-state index in [9.17, 15) is 8.42 Å². The molecule has 0 bridgehead atoms. The first-order valence-corrected chi connectivity index (χ1v) is 11.0. The molecule has 0 spiro atoms. The number of sulfonamides is 1. The van der Waals surface area contributed by atoms with E-state index in [1.54, 1.807) is 46.9 Å². The van der Waals surface area contributed by atoms with Gasteiger partial charge in [0.15, 0.2) is 5.82 Å². The van der Waals surface area contributed by atoms with Crippen LogP contribution in [0.25, 0.3) is 16.7 Å². The molecule has 0 amide bonds. The Morgan fingerprint density at radius 3 is 2.72 bits per heavy atom. The Hall–Kier alpha value is -3.20. The lowest BCUT2D eigenvalue weighted by Gasteiger charge is -2.10. The summed E-state index contributed by atoms with van der Waals surface area (Å²) < 4.78 is 31.8. The van der Waals surface area contributed by atoms with Gasteiger partial charge in [0.25, 0.3) is 10.0 Å². The highest BCUT2D eigenvalue weighted by atomic mass is 32.2. The molecule has 29 heavy (non-hydrogen) atoms. The summed E-state index contributed by atoms with van der Waals surface area (Å²) in [4.78, 5) is 4.43. The van der Waals surface area contributed by atoms with Crippen molar-refractivity contribution < 1.29 is 8.42 Å². The molecule has 1 N–H and O–H groups in total. The molecule has 0 radical (unpaired) electrons. The van der Waals surface area contributed by atoms with Crippen LogP contribution in [0, 0.1) is 0 Å². The van der Waals surface area contributed by atoms with Gasteiger partial charge in [0, 0.05) is 24.8 Å². The number of nitrogens with one attached hydrogen (secondary N) is 1. The standard InChI is InChI=1S/C20H20N6O2S/c1-25-20-14(11-22-25)6-4-8-18(20)24-29(27,28)16-9-10-19(21-12-16)26-13-15-5-2-3-7-17(15)23-26/h4,6,8-13,24H,2-3,5,7H2,1H3. The Balaban J connectivity index is 1.44. The summed E-state index contributed by atoms with van der Waals surface area (Å²) in [6.45, 7) is 0. The minimum atomic E-state index is -3.78. The van der Waals surface area contributed by atoms with E-state index in [1.165, 1.54) is 18.2 Å². The van der Waals surface area contributed by atoms with E-state index in [4.69, 9.17) is 0 Å². The molecule has 8 nitrogen and oxygen atoms in total. The Morgan fingerprint density at radius 2 is 1.93 bits per heavy atom. The summed E-state index contributed by atoms with van der Waals surface area (Å²) in [5.74, 6) is 0.604. The molecular formula is C20H20N6O2S. The van der Waals surface area contributed by atoms with Gasteiger partial charge in [-0.05, 0) is 49.4 Å². The fourth-order valence-corrected chi connectivity index (χ4v) is 4.79. The van der Waals surface area contributed by atoms with Crippen LogP contribution in [0.3, 0.4) is 0 Å². The number of hydrogen-bond acceptors (Lipinski definition) is 5. The van der Waals surface area contributed by atoms with Crippen molar-refractivity contribution in [2.75, 3.05) is 4.72 Å². The number of aryl methyl sites for hydroxylation is 3. The maximum absolute atomic E-state index is 12.9. The van der Waals surface area contributed by atoms with E-state index >= 15 is 0 Å². The third-order valence-corrected chi connectivity index (χ3v) is 6.61. The molecule has 5 rings (SSSR count). The van der Waals surface area contributed by atoms with Crippen molar-refractivity contribution in [1.29, 1.82) is 0 Å². The monoisotopic (exact) mass is 408 g/mol. The van der Waals surface area contributed by atoms with Crippen molar-refractivity contribution in [2.24, 2.45) is 7.05 Å². The maximum Gasteiger partial charge on any atom is 0.263 e. The molecule has 0 unspecified atom stereocenters. The van der Waals surface area contributed by atoms with Crippen molar-refractivity contribution in [2.45, 2.75) is 30.6 Å². The number of benzene rings is 1. The average Bonchev–Trinajstić information content (AvgIpc) is 3.32. The van der Waals surface area contributed by atoms with Gasteiger partial charge >= 0.3 is 0 Å². The van der Waals surface area contributed by atoms with Gasteiger partial charge in [-0.1, -0.05) is 12.1 Å². The molecule has 4 aromatic rings. The first-order valence-electron chi connectivity index (χ1n) is 9.49. The summed E-state index contributed by atoms with van der Waals surface area (Å²) in [6.07, 6.45) is 9.41. The van der Waals surface area contributed by atoms with Gasteiger partial charge in [0.1, 0.15) is 4.90 Å². The number of nitrogens with zero attached hydrogens (tertiary/aromatic N) is 5. The number of anilines is 1. The lowest BCUT2D eigenvalue weighted by Crippen LogP contribution is -2.14. The van der Waals surface area contributed by atoms with Gasteiger partial charge in [-0.3, -0.25) is 9.40 Å². The Morgan fingerprint density at radius 1 is 1.07 bits per heavy atom. The van der Waals surface area contributed by atoms with Gasteiger partial charge in [-0.25, -0.2) is 18.1 Å². The van der Waals surface area contributed by atoms with Crippen LogP contribution in [-0.2, 0) is 29.9 Å². The first kappa shape index (κ1) is 17.9. The van der Waals surface area contributed by atoms with E-state index in [0.29, 0.717) is 11.5 Å². The zero-order chi connectivity index (χ0) is 20.0. The van der Waals surface area contributed by atoms with Gasteiger partial charge in [-0.2, -0.15) is 10.2 Å². The summed E-state index contributed by atoms with van der Waals surface area (Å²) >= 11 is 0. The zero-order valence-electron chi connectivity index (χ0n) is 15.9. The number of fused-ring (bicyclic) bond motifs is 2. The first-order chi connectivity index (χ1) is 14.0. The second kappa shape index (κ2) is 6.70. The van der Waals surface area contributed by atoms with Crippen LogP contribution in [0.1, 0.15) is 24.1 Å². The minimum Gasteiger partial charge on any atom is -0.277 e. The summed E-state index contributed by atoms with van der Waals surface area (Å²) in [6, 6.07) is 8.63. The molecule has 0 fully saturated rings. The van der Waals surface area contributed by atoms with E-state index in [2.05, 4.69) is 19.9 Å². The highest BCUT2D eigenvalue weighted by molar-refractivity contribution is 7.92. The van der Waals surface area contributed by atoms with Crippen LogP contribution in [0.2, 0.25) is 0 Å². The van der Waals surface area contributed by atoms with E-state index in [-0.39, 0.29) is 4.90 Å². The number of rotatable bonds is 4. The highest BCUT2D eigenvalue weighted by Gasteiger charge is 2.19. The van der Waals surface area contributed by atoms with Gasteiger partial charge < -0.3 is 0 Å². The SMILES string of the molecule is Cn1ncc2cccc(NS(=O)(=O)c3ccc(-n4cc5c(n4)CCCC5)nc3)c21. The molecule has 1 aliphatic carbocycles. The van der Waals surface area contributed by atoms with E-state index < -0.39 is 10.0 Å². The molecule has 148 valence electrons. The number of aromatic nitrogens is 5. The molecule has 0 aliphatic heterocycles. The topological polar surface area (TPSA) is 94.7 Å². The molecule has 1 aliphatic rings. The maximum atomic E-state index is 12.9. The second-order valence-electron chi connectivity index (χ2n) is 7.22. The third kappa shape index (κ3) is 3.17. The molecule has 3 aromatic heterocycles. The lowest BCUT2D eigenvalue weighted by molar-refractivity contribution is 0.600. The smallest absolute Gasteiger partial charge is 0.263 e. The second-order valence-corrected chi connectivity index (χ2v) is 8.90. The average molecular weight is 408 g/mol. The minimum absolute atomic E-state index is 0.0948. The Kier molecular flexibility index (Phi) is 4.13. The zero-order valence-corrected chi connectivity index (χ0v) is 16.7. The number of pyridine rings is 1. The van der Waals surface area contributed by atoms with Crippen molar-refractivity contribution in [3.05, 3.63) is 60.2 Å². The van der Waals surface area contributed by atoms with Crippen LogP contribution in [0.4, 0.5) is 5.69 Å².